The van der Waals surface area contributed by atoms with Crippen LogP contribution in [0.25, 0.3) is 0 Å². The van der Waals surface area contributed by atoms with Crippen molar-refractivity contribution in [1.82, 2.24) is 4.90 Å². The number of anilines is 1. The molecule has 6 heteroatoms. The van der Waals surface area contributed by atoms with Crippen LogP contribution in [0.15, 0.2) is 24.3 Å². The van der Waals surface area contributed by atoms with Crippen LogP contribution in [0.1, 0.15) is 25.7 Å². The first-order valence-corrected chi connectivity index (χ1v) is 7.85. The van der Waals surface area contributed by atoms with Gasteiger partial charge in [-0.3, -0.25) is 9.59 Å². The van der Waals surface area contributed by atoms with E-state index >= 15 is 0 Å². The summed E-state index contributed by atoms with van der Waals surface area (Å²) >= 11 is 5.77. The first-order valence-electron chi connectivity index (χ1n) is 7.47. The Labute approximate surface area is 135 Å². The average Bonchev–Trinajstić information content (AvgIpc) is 2.51. The Hall–Kier alpha value is -1.59. The molecule has 1 fully saturated rings. The zero-order valence-electron chi connectivity index (χ0n) is 12.6. The summed E-state index contributed by atoms with van der Waals surface area (Å²) < 4.78 is 0. The molecule has 1 aromatic rings. The van der Waals surface area contributed by atoms with E-state index in [9.17, 15) is 14.7 Å². The van der Waals surface area contributed by atoms with Gasteiger partial charge in [-0.25, -0.2) is 0 Å². The highest BCUT2D eigenvalue weighted by atomic mass is 35.5. The van der Waals surface area contributed by atoms with Gasteiger partial charge < -0.3 is 15.3 Å². The second kappa shape index (κ2) is 7.61. The molecule has 2 amide bonds. The molecule has 0 spiro atoms. The van der Waals surface area contributed by atoms with Gasteiger partial charge in [0.2, 0.25) is 0 Å². The van der Waals surface area contributed by atoms with Crippen LogP contribution < -0.4 is 5.32 Å². The highest BCUT2D eigenvalue weighted by Gasteiger charge is 2.27. The fraction of sp³-hybridized carbons (Fsp3) is 0.500. The van der Waals surface area contributed by atoms with Gasteiger partial charge >= 0.3 is 11.8 Å². The molecule has 0 saturated heterocycles. The number of aliphatic hydroxyl groups is 1. The third kappa shape index (κ3) is 4.45. The third-order valence-electron chi connectivity index (χ3n) is 4.02. The molecular weight excluding hydrogens is 304 g/mol. The quantitative estimate of drug-likeness (QED) is 0.838. The van der Waals surface area contributed by atoms with Gasteiger partial charge in [0.1, 0.15) is 0 Å². The maximum Gasteiger partial charge on any atom is 0.313 e. The molecule has 120 valence electrons. The number of likely N-dealkylation sites (N-methyl/N-ethyl adjacent to an activating group) is 1. The molecule has 2 rings (SSSR count). The van der Waals surface area contributed by atoms with Crippen molar-refractivity contribution in [3.05, 3.63) is 29.3 Å². The molecule has 0 radical (unpaired) electrons. The predicted molar refractivity (Wildman–Crippen MR) is 85.7 cm³/mol. The van der Waals surface area contributed by atoms with Crippen LogP contribution in [0.2, 0.25) is 5.02 Å². The van der Waals surface area contributed by atoms with Gasteiger partial charge in [-0.15, -0.1) is 0 Å². The van der Waals surface area contributed by atoms with Gasteiger partial charge in [0.05, 0.1) is 6.10 Å². The summed E-state index contributed by atoms with van der Waals surface area (Å²) in [6.07, 6.45) is 3.34. The number of nitrogens with zero attached hydrogens (tertiary/aromatic N) is 1. The van der Waals surface area contributed by atoms with Gasteiger partial charge in [0.15, 0.2) is 0 Å². The lowest BCUT2D eigenvalue weighted by Gasteiger charge is -2.30. The fourth-order valence-corrected chi connectivity index (χ4v) is 2.85. The first-order chi connectivity index (χ1) is 10.5. The Bertz CT molecular complexity index is 533. The molecule has 1 saturated carbocycles. The molecule has 2 N–H and O–H groups in total. The molecule has 1 aliphatic rings. The molecule has 1 aliphatic carbocycles. The minimum Gasteiger partial charge on any atom is -0.393 e. The van der Waals surface area contributed by atoms with Crippen molar-refractivity contribution < 1.29 is 14.7 Å². The van der Waals surface area contributed by atoms with E-state index in [0.29, 0.717) is 17.3 Å². The summed E-state index contributed by atoms with van der Waals surface area (Å²) in [5.74, 6) is -1.24. The van der Waals surface area contributed by atoms with Crippen LogP contribution in [0.4, 0.5) is 5.69 Å². The van der Waals surface area contributed by atoms with Gasteiger partial charge in [0.25, 0.3) is 0 Å². The molecule has 1 aromatic carbocycles. The van der Waals surface area contributed by atoms with E-state index < -0.39 is 11.8 Å². The molecule has 22 heavy (non-hydrogen) atoms. The van der Waals surface area contributed by atoms with Crippen molar-refractivity contribution in [3.8, 4) is 0 Å². The number of hydrogen-bond acceptors (Lipinski definition) is 3. The van der Waals surface area contributed by atoms with Crippen molar-refractivity contribution >= 4 is 29.1 Å². The Morgan fingerprint density at radius 1 is 1.27 bits per heavy atom. The van der Waals surface area contributed by atoms with E-state index in [-0.39, 0.29) is 12.0 Å². The van der Waals surface area contributed by atoms with Crippen LogP contribution in [-0.2, 0) is 9.59 Å². The lowest BCUT2D eigenvalue weighted by molar-refractivity contribution is -0.143. The molecule has 0 aliphatic heterocycles. The van der Waals surface area contributed by atoms with Gasteiger partial charge in [-0.05, 0) is 37.1 Å². The monoisotopic (exact) mass is 324 g/mol. The van der Waals surface area contributed by atoms with Crippen LogP contribution in [0.5, 0.6) is 0 Å². The van der Waals surface area contributed by atoms with E-state index in [1.54, 1.807) is 31.3 Å². The van der Waals surface area contributed by atoms with E-state index in [1.807, 2.05) is 0 Å². The van der Waals surface area contributed by atoms with Crippen molar-refractivity contribution in [3.63, 3.8) is 0 Å². The standard InChI is InChI=1S/C16H21ClN2O3/c1-19(10-11-4-2-3-5-14(11)20)16(22)15(21)18-13-8-6-12(17)7-9-13/h6-9,11,14,20H,2-5,10H2,1H3,(H,18,21). The van der Waals surface area contributed by atoms with Crippen molar-refractivity contribution in [2.75, 3.05) is 18.9 Å². The third-order valence-corrected chi connectivity index (χ3v) is 4.27. The largest absolute Gasteiger partial charge is 0.393 e. The number of halogens is 1. The summed E-state index contributed by atoms with van der Waals surface area (Å²) in [5, 5.41) is 13.1. The number of carbonyl (C=O) groups excluding carboxylic acids is 2. The van der Waals surface area contributed by atoms with E-state index in [2.05, 4.69) is 5.32 Å². The second-order valence-electron chi connectivity index (χ2n) is 5.76. The summed E-state index contributed by atoms with van der Waals surface area (Å²) in [6.45, 7) is 0.397. The van der Waals surface area contributed by atoms with E-state index in [1.165, 1.54) is 4.90 Å². The lowest BCUT2D eigenvalue weighted by atomic mass is 9.86. The number of benzene rings is 1. The van der Waals surface area contributed by atoms with Crippen molar-refractivity contribution in [2.45, 2.75) is 31.8 Å². The van der Waals surface area contributed by atoms with Crippen LogP contribution in [-0.4, -0.2) is 41.5 Å². The van der Waals surface area contributed by atoms with Crippen LogP contribution >= 0.6 is 11.6 Å². The fourth-order valence-electron chi connectivity index (χ4n) is 2.73. The normalized spacial score (nSPS) is 21.2. The summed E-state index contributed by atoms with van der Waals surface area (Å²) in [6, 6.07) is 6.56. The van der Waals surface area contributed by atoms with Gasteiger partial charge in [-0.2, -0.15) is 0 Å². The molecule has 0 aromatic heterocycles. The Morgan fingerprint density at radius 3 is 2.55 bits per heavy atom. The predicted octanol–water partition coefficient (Wildman–Crippen LogP) is 2.29. The Kier molecular flexibility index (Phi) is 5.80. The summed E-state index contributed by atoms with van der Waals surface area (Å²) in [5.41, 5.74) is 0.522. The molecule has 5 nitrogen and oxygen atoms in total. The summed E-state index contributed by atoms with van der Waals surface area (Å²) in [4.78, 5) is 25.4. The van der Waals surface area contributed by atoms with Gasteiger partial charge in [0, 0.05) is 30.2 Å². The van der Waals surface area contributed by atoms with E-state index in [4.69, 9.17) is 11.6 Å². The van der Waals surface area contributed by atoms with E-state index in [0.717, 1.165) is 25.7 Å². The topological polar surface area (TPSA) is 69.6 Å². The number of nitrogens with one attached hydrogen (secondary N) is 1. The van der Waals surface area contributed by atoms with Crippen LogP contribution in [0, 0.1) is 5.92 Å². The lowest BCUT2D eigenvalue weighted by Crippen LogP contribution is -2.42. The number of carbonyl (C=O) groups is 2. The number of rotatable bonds is 3. The highest BCUT2D eigenvalue weighted by Crippen LogP contribution is 2.25. The summed E-state index contributed by atoms with van der Waals surface area (Å²) in [7, 11) is 1.59. The maximum atomic E-state index is 12.1. The molecule has 0 bridgehead atoms. The zero-order chi connectivity index (χ0) is 16.1. The Balaban J connectivity index is 1.89. The second-order valence-corrected chi connectivity index (χ2v) is 6.20. The molecule has 0 heterocycles. The van der Waals surface area contributed by atoms with Crippen molar-refractivity contribution in [2.24, 2.45) is 5.92 Å². The van der Waals surface area contributed by atoms with Gasteiger partial charge in [-0.1, -0.05) is 24.4 Å². The number of aliphatic hydroxyl groups excluding tert-OH is 1. The smallest absolute Gasteiger partial charge is 0.313 e. The first kappa shape index (κ1) is 16.8. The zero-order valence-corrected chi connectivity index (χ0v) is 13.3. The average molecular weight is 325 g/mol. The minimum absolute atomic E-state index is 0.0473. The number of hydrogen-bond donors (Lipinski definition) is 2. The SMILES string of the molecule is CN(CC1CCCCC1O)C(=O)C(=O)Nc1ccc(Cl)cc1. The molecule has 2 unspecified atom stereocenters. The molecule has 2 atom stereocenters. The van der Waals surface area contributed by atoms with Crippen LogP contribution in [0.3, 0.4) is 0 Å². The maximum absolute atomic E-state index is 12.1. The highest BCUT2D eigenvalue weighted by molar-refractivity contribution is 6.39. The molecular formula is C16H21ClN2O3. The Morgan fingerprint density at radius 2 is 1.91 bits per heavy atom. The number of amides is 2. The minimum atomic E-state index is -0.685. The van der Waals surface area contributed by atoms with Crippen molar-refractivity contribution in [1.29, 1.82) is 0 Å².